The Kier molecular flexibility index (Phi) is 5.97. The molecule has 164 valence electrons. The lowest BCUT2D eigenvalue weighted by Crippen LogP contribution is -2.50. The standard InChI is InChI=1S/C23H29N5O3/c1-14(2)18-13-31-21-5-4-16(26-22(18)21)9-25-19-10-24-7-6-20(19)28-11-15(3)8-17(12-28)27-23(29)30/h4-7,10,13-15,17,25,27H,8-9,11-12H2,1-3H3,(H,29,30)/t15-,17+/m1/s1. The predicted molar refractivity (Wildman–Crippen MR) is 121 cm³/mol. The molecule has 2 atom stereocenters. The number of carboxylic acid groups (broad SMARTS) is 1. The molecule has 31 heavy (non-hydrogen) atoms. The highest BCUT2D eigenvalue weighted by Crippen LogP contribution is 2.30. The molecule has 3 aromatic heterocycles. The van der Waals surface area contributed by atoms with Gasteiger partial charge in [0.1, 0.15) is 5.52 Å². The fraction of sp³-hybridized carbons (Fsp3) is 0.435. The Hall–Kier alpha value is -3.29. The average molecular weight is 424 g/mol. The SMILES string of the molecule is CC(C)c1coc2ccc(CNc3cnccc3N3C[C@H](C)C[C@H](NC(=O)O)C3)nc12. The molecule has 1 fully saturated rings. The zero-order valence-electron chi connectivity index (χ0n) is 18.1. The molecule has 1 aliphatic rings. The van der Waals surface area contributed by atoms with E-state index in [2.05, 4.69) is 41.3 Å². The van der Waals surface area contributed by atoms with Crippen LogP contribution in [0, 0.1) is 5.92 Å². The van der Waals surface area contributed by atoms with Crippen LogP contribution in [-0.4, -0.2) is 40.3 Å². The van der Waals surface area contributed by atoms with Crippen LogP contribution in [0.15, 0.2) is 41.3 Å². The molecule has 0 radical (unpaired) electrons. The molecule has 8 heteroatoms. The van der Waals surface area contributed by atoms with E-state index in [0.29, 0.717) is 24.9 Å². The number of piperidine rings is 1. The highest BCUT2D eigenvalue weighted by Gasteiger charge is 2.27. The van der Waals surface area contributed by atoms with Gasteiger partial charge in [-0.15, -0.1) is 0 Å². The van der Waals surface area contributed by atoms with Gasteiger partial charge in [-0.1, -0.05) is 20.8 Å². The maximum absolute atomic E-state index is 11.1. The van der Waals surface area contributed by atoms with E-state index in [4.69, 9.17) is 14.5 Å². The topological polar surface area (TPSA) is 104 Å². The minimum Gasteiger partial charge on any atom is -0.465 e. The van der Waals surface area contributed by atoms with Crippen molar-refractivity contribution in [2.45, 2.75) is 45.7 Å². The number of amides is 1. The van der Waals surface area contributed by atoms with Crippen molar-refractivity contribution >= 4 is 28.6 Å². The van der Waals surface area contributed by atoms with Crippen molar-refractivity contribution < 1.29 is 14.3 Å². The summed E-state index contributed by atoms with van der Waals surface area (Å²) < 4.78 is 5.63. The molecule has 1 aliphatic heterocycles. The van der Waals surface area contributed by atoms with Gasteiger partial charge >= 0.3 is 6.09 Å². The van der Waals surface area contributed by atoms with Crippen LogP contribution in [0.3, 0.4) is 0 Å². The third-order valence-electron chi connectivity index (χ3n) is 5.71. The smallest absolute Gasteiger partial charge is 0.404 e. The van der Waals surface area contributed by atoms with Crippen LogP contribution in [0.1, 0.15) is 44.4 Å². The van der Waals surface area contributed by atoms with Crippen molar-refractivity contribution in [1.29, 1.82) is 0 Å². The van der Waals surface area contributed by atoms with Gasteiger partial charge in [-0.05, 0) is 36.5 Å². The largest absolute Gasteiger partial charge is 0.465 e. The monoisotopic (exact) mass is 423 g/mol. The zero-order chi connectivity index (χ0) is 22.0. The lowest BCUT2D eigenvalue weighted by atomic mass is 9.95. The average Bonchev–Trinajstić information content (AvgIpc) is 3.15. The number of pyridine rings is 2. The Balaban J connectivity index is 1.52. The van der Waals surface area contributed by atoms with Crippen molar-refractivity contribution in [2.75, 3.05) is 23.3 Å². The molecule has 0 bridgehead atoms. The molecule has 4 rings (SSSR count). The summed E-state index contributed by atoms with van der Waals surface area (Å²) in [5.41, 5.74) is 5.66. The maximum Gasteiger partial charge on any atom is 0.404 e. The first-order chi connectivity index (χ1) is 14.9. The Morgan fingerprint density at radius 3 is 2.94 bits per heavy atom. The molecule has 3 N–H and O–H groups in total. The fourth-order valence-electron chi connectivity index (χ4n) is 4.29. The fourth-order valence-corrected chi connectivity index (χ4v) is 4.29. The number of nitrogens with zero attached hydrogens (tertiary/aromatic N) is 3. The van der Waals surface area contributed by atoms with Crippen LogP contribution >= 0.6 is 0 Å². The van der Waals surface area contributed by atoms with Gasteiger partial charge in [0, 0.05) is 30.9 Å². The third kappa shape index (κ3) is 4.73. The maximum atomic E-state index is 11.1. The van der Waals surface area contributed by atoms with E-state index in [9.17, 15) is 4.79 Å². The first kappa shape index (κ1) is 21.0. The number of aromatic nitrogens is 2. The summed E-state index contributed by atoms with van der Waals surface area (Å²) in [5.74, 6) is 0.724. The Bertz CT molecular complexity index is 1060. The summed E-state index contributed by atoms with van der Waals surface area (Å²) in [7, 11) is 0. The molecule has 3 aromatic rings. The number of anilines is 2. The molecule has 0 aliphatic carbocycles. The lowest BCUT2D eigenvalue weighted by Gasteiger charge is -2.38. The molecular weight excluding hydrogens is 394 g/mol. The van der Waals surface area contributed by atoms with Crippen molar-refractivity contribution in [3.8, 4) is 0 Å². The number of hydrogen-bond donors (Lipinski definition) is 3. The van der Waals surface area contributed by atoms with Crippen LogP contribution < -0.4 is 15.5 Å². The Labute approximate surface area is 181 Å². The first-order valence-electron chi connectivity index (χ1n) is 10.7. The number of hydrogen-bond acceptors (Lipinski definition) is 6. The van der Waals surface area contributed by atoms with E-state index in [0.717, 1.165) is 46.7 Å². The van der Waals surface area contributed by atoms with Gasteiger partial charge in [-0.25, -0.2) is 9.78 Å². The number of furan rings is 1. The second-order valence-corrected chi connectivity index (χ2v) is 8.63. The molecule has 0 aromatic carbocycles. The van der Waals surface area contributed by atoms with Crippen molar-refractivity contribution in [1.82, 2.24) is 15.3 Å². The number of nitrogens with one attached hydrogen (secondary N) is 2. The quantitative estimate of drug-likeness (QED) is 0.538. The lowest BCUT2D eigenvalue weighted by molar-refractivity contribution is 0.186. The van der Waals surface area contributed by atoms with Gasteiger partial charge in [-0.2, -0.15) is 0 Å². The number of fused-ring (bicyclic) bond motifs is 1. The molecular formula is C23H29N5O3. The Morgan fingerprint density at radius 2 is 2.16 bits per heavy atom. The van der Waals surface area contributed by atoms with E-state index in [1.807, 2.05) is 24.4 Å². The molecule has 1 amide bonds. The second kappa shape index (κ2) is 8.83. The normalized spacial score (nSPS) is 19.0. The van der Waals surface area contributed by atoms with Gasteiger partial charge < -0.3 is 25.1 Å². The molecule has 0 spiro atoms. The van der Waals surface area contributed by atoms with Gasteiger partial charge in [-0.3, -0.25) is 4.98 Å². The summed E-state index contributed by atoms with van der Waals surface area (Å²) in [6.07, 6.45) is 5.23. The number of rotatable bonds is 6. The molecule has 0 unspecified atom stereocenters. The van der Waals surface area contributed by atoms with E-state index < -0.39 is 6.09 Å². The summed E-state index contributed by atoms with van der Waals surface area (Å²) in [6.45, 7) is 8.46. The molecule has 0 saturated carbocycles. The zero-order valence-corrected chi connectivity index (χ0v) is 18.1. The van der Waals surface area contributed by atoms with Crippen LogP contribution in [-0.2, 0) is 6.54 Å². The predicted octanol–water partition coefficient (Wildman–Crippen LogP) is 4.44. The minimum absolute atomic E-state index is 0.0955. The number of carbonyl (C=O) groups is 1. The van der Waals surface area contributed by atoms with E-state index >= 15 is 0 Å². The van der Waals surface area contributed by atoms with Crippen LogP contribution in [0.4, 0.5) is 16.2 Å². The van der Waals surface area contributed by atoms with E-state index in [-0.39, 0.29) is 6.04 Å². The van der Waals surface area contributed by atoms with Gasteiger partial charge in [0.2, 0.25) is 0 Å². The third-order valence-corrected chi connectivity index (χ3v) is 5.71. The summed E-state index contributed by atoms with van der Waals surface area (Å²) in [6, 6.07) is 5.81. The summed E-state index contributed by atoms with van der Waals surface area (Å²) in [5, 5.41) is 15.2. The minimum atomic E-state index is -0.978. The first-order valence-corrected chi connectivity index (χ1v) is 10.7. The van der Waals surface area contributed by atoms with Gasteiger partial charge in [0.05, 0.1) is 36.1 Å². The van der Waals surface area contributed by atoms with Crippen LogP contribution in [0.5, 0.6) is 0 Å². The van der Waals surface area contributed by atoms with E-state index in [1.54, 1.807) is 12.5 Å². The Morgan fingerprint density at radius 1 is 1.32 bits per heavy atom. The van der Waals surface area contributed by atoms with Gasteiger partial charge in [0.25, 0.3) is 0 Å². The molecule has 8 nitrogen and oxygen atoms in total. The summed E-state index contributed by atoms with van der Waals surface area (Å²) >= 11 is 0. The second-order valence-electron chi connectivity index (χ2n) is 8.63. The highest BCUT2D eigenvalue weighted by atomic mass is 16.4. The van der Waals surface area contributed by atoms with Crippen molar-refractivity contribution in [3.63, 3.8) is 0 Å². The van der Waals surface area contributed by atoms with Crippen LogP contribution in [0.25, 0.3) is 11.1 Å². The van der Waals surface area contributed by atoms with Crippen LogP contribution in [0.2, 0.25) is 0 Å². The molecule has 1 saturated heterocycles. The van der Waals surface area contributed by atoms with Crippen molar-refractivity contribution in [2.24, 2.45) is 5.92 Å². The van der Waals surface area contributed by atoms with Gasteiger partial charge in [0.15, 0.2) is 5.58 Å². The highest BCUT2D eigenvalue weighted by molar-refractivity contribution is 5.77. The molecule has 4 heterocycles. The van der Waals surface area contributed by atoms with Crippen molar-refractivity contribution in [3.05, 3.63) is 48.1 Å². The van der Waals surface area contributed by atoms with E-state index in [1.165, 1.54) is 0 Å². The summed E-state index contributed by atoms with van der Waals surface area (Å²) in [4.78, 5) is 22.4.